The largest absolute Gasteiger partial charge is 0.343 e. The average molecular weight is 416 g/mol. The van der Waals surface area contributed by atoms with Gasteiger partial charge in [0.25, 0.3) is 11.8 Å². The van der Waals surface area contributed by atoms with Gasteiger partial charge in [-0.15, -0.1) is 0 Å². The lowest BCUT2D eigenvalue weighted by Gasteiger charge is -2.19. The van der Waals surface area contributed by atoms with Gasteiger partial charge in [-0.2, -0.15) is 5.26 Å². The van der Waals surface area contributed by atoms with Crippen molar-refractivity contribution in [1.82, 2.24) is 15.2 Å². The molecule has 156 valence electrons. The Morgan fingerprint density at radius 1 is 1.23 bits per heavy atom. The SMILES string of the molecule is N#CC1CC(F)(F)CN1C(=O)CNC(=O)c1ccncc1CCc1ccc(F)cc1. The van der Waals surface area contributed by atoms with Crippen molar-refractivity contribution >= 4 is 11.8 Å². The Bertz CT molecular complexity index is 973. The minimum atomic E-state index is -3.11. The van der Waals surface area contributed by atoms with Crippen LogP contribution in [0.3, 0.4) is 0 Å². The summed E-state index contributed by atoms with van der Waals surface area (Å²) in [6.07, 6.45) is 3.28. The van der Waals surface area contributed by atoms with Gasteiger partial charge in [0.15, 0.2) is 0 Å². The number of likely N-dealkylation sites (tertiary alicyclic amines) is 1. The number of alkyl halides is 2. The maximum atomic E-state index is 13.5. The fourth-order valence-electron chi connectivity index (χ4n) is 3.32. The normalized spacial score (nSPS) is 17.4. The zero-order chi connectivity index (χ0) is 21.7. The number of rotatable bonds is 6. The third kappa shape index (κ3) is 5.14. The third-order valence-electron chi connectivity index (χ3n) is 4.88. The molecule has 1 aliphatic rings. The van der Waals surface area contributed by atoms with E-state index in [1.54, 1.807) is 18.2 Å². The van der Waals surface area contributed by atoms with E-state index >= 15 is 0 Å². The van der Waals surface area contributed by atoms with Crippen LogP contribution >= 0.6 is 0 Å². The highest BCUT2D eigenvalue weighted by Gasteiger charge is 2.47. The number of carbonyl (C=O) groups excluding carboxylic acids is 2. The number of aryl methyl sites for hydroxylation is 2. The van der Waals surface area contributed by atoms with E-state index in [1.807, 2.05) is 0 Å². The molecule has 1 aliphatic heterocycles. The lowest BCUT2D eigenvalue weighted by molar-refractivity contribution is -0.131. The summed E-state index contributed by atoms with van der Waals surface area (Å²) < 4.78 is 40.0. The molecule has 1 atom stereocenters. The van der Waals surface area contributed by atoms with E-state index < -0.39 is 43.3 Å². The van der Waals surface area contributed by atoms with Gasteiger partial charge in [-0.1, -0.05) is 12.1 Å². The molecule has 1 aromatic heterocycles. The molecule has 30 heavy (non-hydrogen) atoms. The van der Waals surface area contributed by atoms with Gasteiger partial charge >= 0.3 is 0 Å². The Hall–Kier alpha value is -3.41. The molecule has 1 N–H and O–H groups in total. The second-order valence-electron chi connectivity index (χ2n) is 7.07. The molecule has 2 heterocycles. The highest BCUT2D eigenvalue weighted by atomic mass is 19.3. The topological polar surface area (TPSA) is 86.1 Å². The fraction of sp³-hybridized carbons (Fsp3) is 0.333. The summed E-state index contributed by atoms with van der Waals surface area (Å²) in [6, 6.07) is 8.01. The molecule has 6 nitrogen and oxygen atoms in total. The molecule has 9 heteroatoms. The molecule has 0 spiro atoms. The Morgan fingerprint density at radius 3 is 2.67 bits per heavy atom. The number of hydrogen-bond acceptors (Lipinski definition) is 4. The van der Waals surface area contributed by atoms with Crippen LogP contribution < -0.4 is 5.32 Å². The van der Waals surface area contributed by atoms with Crippen LogP contribution in [-0.4, -0.2) is 46.8 Å². The van der Waals surface area contributed by atoms with Gasteiger partial charge in [0.1, 0.15) is 11.9 Å². The van der Waals surface area contributed by atoms with E-state index in [2.05, 4.69) is 10.3 Å². The van der Waals surface area contributed by atoms with Crippen molar-refractivity contribution in [3.05, 3.63) is 65.2 Å². The molecule has 0 radical (unpaired) electrons. The predicted octanol–water partition coefficient (Wildman–Crippen LogP) is 2.50. The number of nitrogens with zero attached hydrogens (tertiary/aromatic N) is 3. The standard InChI is InChI=1S/C21H19F3N4O2/c22-16-5-2-14(3-6-16)1-4-15-11-26-8-7-18(15)20(30)27-12-19(29)28-13-21(23,24)9-17(28)10-25/h2-3,5-8,11,17H,1,4,9,12-13H2,(H,27,30). The number of hydrogen-bond donors (Lipinski definition) is 1. The van der Waals surface area contributed by atoms with Crippen molar-refractivity contribution < 1.29 is 22.8 Å². The van der Waals surface area contributed by atoms with E-state index in [0.717, 1.165) is 10.5 Å². The number of pyridine rings is 1. The summed E-state index contributed by atoms with van der Waals surface area (Å²) in [5.41, 5.74) is 1.83. The molecule has 3 rings (SSSR count). The monoisotopic (exact) mass is 416 g/mol. The molecule has 2 aromatic rings. The summed E-state index contributed by atoms with van der Waals surface area (Å²) in [5.74, 6) is -4.73. The Kier molecular flexibility index (Phi) is 6.35. The second kappa shape index (κ2) is 8.95. The number of amides is 2. The Balaban J connectivity index is 1.61. The number of halogens is 3. The second-order valence-corrected chi connectivity index (χ2v) is 7.07. The molecule has 0 aliphatic carbocycles. The van der Waals surface area contributed by atoms with Crippen LogP contribution in [0, 0.1) is 17.1 Å². The molecule has 0 bridgehead atoms. The van der Waals surface area contributed by atoms with Gasteiger partial charge in [0, 0.05) is 24.4 Å². The minimum Gasteiger partial charge on any atom is -0.343 e. The predicted molar refractivity (Wildman–Crippen MR) is 101 cm³/mol. The van der Waals surface area contributed by atoms with Crippen LogP contribution in [0.1, 0.15) is 27.9 Å². The highest BCUT2D eigenvalue weighted by molar-refractivity contribution is 5.97. The maximum absolute atomic E-state index is 13.5. The maximum Gasteiger partial charge on any atom is 0.268 e. The minimum absolute atomic E-state index is 0.309. The summed E-state index contributed by atoms with van der Waals surface area (Å²) in [4.78, 5) is 29.6. The molecule has 1 saturated heterocycles. The summed E-state index contributed by atoms with van der Waals surface area (Å²) >= 11 is 0. The average Bonchev–Trinajstić information content (AvgIpc) is 3.06. The molecular weight excluding hydrogens is 397 g/mol. The summed E-state index contributed by atoms with van der Waals surface area (Å²) in [5, 5.41) is 11.4. The highest BCUT2D eigenvalue weighted by Crippen LogP contribution is 2.31. The summed E-state index contributed by atoms with van der Waals surface area (Å²) in [7, 11) is 0. The van der Waals surface area contributed by atoms with Crippen LogP contribution in [-0.2, 0) is 17.6 Å². The van der Waals surface area contributed by atoms with E-state index in [9.17, 15) is 22.8 Å². The number of aromatic nitrogens is 1. The quantitative estimate of drug-likeness (QED) is 0.784. The number of nitriles is 1. The first kappa shape index (κ1) is 21.3. The van der Waals surface area contributed by atoms with Gasteiger partial charge in [-0.05, 0) is 42.2 Å². The van der Waals surface area contributed by atoms with Gasteiger partial charge < -0.3 is 10.2 Å². The van der Waals surface area contributed by atoms with Crippen LogP contribution in [0.5, 0.6) is 0 Å². The van der Waals surface area contributed by atoms with Crippen molar-refractivity contribution in [2.45, 2.75) is 31.2 Å². The third-order valence-corrected chi connectivity index (χ3v) is 4.88. The number of nitrogens with one attached hydrogen (secondary N) is 1. The molecular formula is C21H19F3N4O2. The van der Waals surface area contributed by atoms with Crippen LogP contribution in [0.2, 0.25) is 0 Å². The Morgan fingerprint density at radius 2 is 1.97 bits per heavy atom. The first-order valence-electron chi connectivity index (χ1n) is 9.31. The first-order valence-corrected chi connectivity index (χ1v) is 9.31. The van der Waals surface area contributed by atoms with E-state index in [0.29, 0.717) is 24.0 Å². The van der Waals surface area contributed by atoms with Crippen LogP contribution in [0.25, 0.3) is 0 Å². The molecule has 2 amide bonds. The van der Waals surface area contributed by atoms with Crippen molar-refractivity contribution in [3.63, 3.8) is 0 Å². The summed E-state index contributed by atoms with van der Waals surface area (Å²) in [6.45, 7) is -1.33. The number of benzene rings is 1. The van der Waals surface area contributed by atoms with E-state index in [-0.39, 0.29) is 5.82 Å². The van der Waals surface area contributed by atoms with E-state index in [1.165, 1.54) is 30.6 Å². The molecule has 1 aromatic carbocycles. The van der Waals surface area contributed by atoms with Gasteiger partial charge in [0.2, 0.25) is 5.91 Å². The zero-order valence-electron chi connectivity index (χ0n) is 15.9. The molecule has 1 unspecified atom stereocenters. The van der Waals surface area contributed by atoms with Gasteiger partial charge in [-0.25, -0.2) is 13.2 Å². The molecule has 0 saturated carbocycles. The van der Waals surface area contributed by atoms with Crippen LogP contribution in [0.4, 0.5) is 13.2 Å². The van der Waals surface area contributed by atoms with Crippen molar-refractivity contribution in [2.75, 3.05) is 13.1 Å². The van der Waals surface area contributed by atoms with Crippen molar-refractivity contribution in [2.24, 2.45) is 0 Å². The fourth-order valence-corrected chi connectivity index (χ4v) is 3.32. The number of carbonyl (C=O) groups is 2. The lowest BCUT2D eigenvalue weighted by Crippen LogP contribution is -2.43. The van der Waals surface area contributed by atoms with Gasteiger partial charge in [-0.3, -0.25) is 14.6 Å². The van der Waals surface area contributed by atoms with Crippen molar-refractivity contribution in [3.8, 4) is 6.07 Å². The van der Waals surface area contributed by atoms with E-state index in [4.69, 9.17) is 5.26 Å². The molecule has 1 fully saturated rings. The van der Waals surface area contributed by atoms with Crippen molar-refractivity contribution in [1.29, 1.82) is 5.26 Å². The lowest BCUT2D eigenvalue weighted by atomic mass is 10.0. The zero-order valence-corrected chi connectivity index (χ0v) is 15.9. The Labute approximate surface area is 171 Å². The first-order chi connectivity index (χ1) is 14.3. The van der Waals surface area contributed by atoms with Gasteiger partial charge in [0.05, 0.1) is 19.2 Å². The smallest absolute Gasteiger partial charge is 0.268 e. The van der Waals surface area contributed by atoms with Crippen LogP contribution in [0.15, 0.2) is 42.7 Å².